The van der Waals surface area contributed by atoms with Crippen LogP contribution in [0.1, 0.15) is 5.56 Å². The van der Waals surface area contributed by atoms with Crippen LogP contribution in [0.4, 0.5) is 11.4 Å². The molecule has 0 aromatic heterocycles. The van der Waals surface area contributed by atoms with Crippen molar-refractivity contribution < 1.29 is 14.3 Å². The van der Waals surface area contributed by atoms with Crippen molar-refractivity contribution >= 4 is 17.3 Å². The molecular formula is C25H23N3O3. The predicted octanol–water partition coefficient (Wildman–Crippen LogP) is 4.76. The van der Waals surface area contributed by atoms with Gasteiger partial charge in [0.25, 0.3) is 5.91 Å². The van der Waals surface area contributed by atoms with Crippen LogP contribution < -0.4 is 19.7 Å². The van der Waals surface area contributed by atoms with E-state index >= 15 is 0 Å². The number of rotatable bonds is 8. The Labute approximate surface area is 182 Å². The van der Waals surface area contributed by atoms with E-state index in [1.54, 1.807) is 24.4 Å². The highest BCUT2D eigenvalue weighted by molar-refractivity contribution is 6.07. The third-order valence-corrected chi connectivity index (χ3v) is 4.59. The molecule has 156 valence electrons. The quantitative estimate of drug-likeness (QED) is 0.426. The van der Waals surface area contributed by atoms with Gasteiger partial charge < -0.3 is 19.7 Å². The van der Waals surface area contributed by atoms with E-state index < -0.39 is 5.91 Å². The lowest BCUT2D eigenvalue weighted by molar-refractivity contribution is -0.112. The first-order valence-corrected chi connectivity index (χ1v) is 9.65. The number of benzene rings is 3. The molecule has 0 saturated carbocycles. The van der Waals surface area contributed by atoms with Gasteiger partial charge in [-0.1, -0.05) is 48.5 Å². The van der Waals surface area contributed by atoms with Gasteiger partial charge in [0.1, 0.15) is 23.1 Å². The summed E-state index contributed by atoms with van der Waals surface area (Å²) in [5.74, 6) is 0.493. The summed E-state index contributed by atoms with van der Waals surface area (Å²) in [4.78, 5) is 14.8. The molecule has 0 spiro atoms. The molecule has 31 heavy (non-hydrogen) atoms. The van der Waals surface area contributed by atoms with Crippen molar-refractivity contribution in [1.29, 1.82) is 5.26 Å². The summed E-state index contributed by atoms with van der Waals surface area (Å²) in [6.07, 6.45) is 1.56. The minimum atomic E-state index is -0.539. The Morgan fingerprint density at radius 1 is 1.00 bits per heavy atom. The predicted molar refractivity (Wildman–Crippen MR) is 121 cm³/mol. The number of hydrogen-bond acceptors (Lipinski definition) is 5. The normalized spacial score (nSPS) is 10.7. The molecule has 1 amide bonds. The molecule has 6 nitrogen and oxygen atoms in total. The van der Waals surface area contributed by atoms with Crippen LogP contribution in [0.5, 0.6) is 11.5 Å². The highest BCUT2D eigenvalue weighted by atomic mass is 16.5. The van der Waals surface area contributed by atoms with Crippen molar-refractivity contribution in [1.82, 2.24) is 0 Å². The fourth-order valence-corrected chi connectivity index (χ4v) is 3.01. The van der Waals surface area contributed by atoms with Gasteiger partial charge in [0.2, 0.25) is 0 Å². The zero-order chi connectivity index (χ0) is 22.1. The zero-order valence-electron chi connectivity index (χ0n) is 17.4. The first-order chi connectivity index (χ1) is 15.1. The average molecular weight is 413 g/mol. The molecule has 0 radical (unpaired) electrons. The van der Waals surface area contributed by atoms with Crippen LogP contribution >= 0.6 is 0 Å². The minimum absolute atomic E-state index is 0.0374. The molecular weight excluding hydrogens is 390 g/mol. The van der Waals surface area contributed by atoms with Crippen molar-refractivity contribution in [3.8, 4) is 17.6 Å². The Morgan fingerprint density at radius 2 is 1.68 bits per heavy atom. The first kappa shape index (κ1) is 21.5. The molecule has 0 fully saturated rings. The monoisotopic (exact) mass is 413 g/mol. The van der Waals surface area contributed by atoms with Gasteiger partial charge in [0, 0.05) is 24.5 Å². The van der Waals surface area contributed by atoms with Crippen molar-refractivity contribution in [3.05, 3.63) is 96.2 Å². The molecule has 0 aliphatic rings. The Hall–Kier alpha value is -4.24. The molecule has 6 heteroatoms. The van der Waals surface area contributed by atoms with E-state index in [-0.39, 0.29) is 5.57 Å². The summed E-state index contributed by atoms with van der Waals surface area (Å²) in [7, 11) is 3.05. The van der Waals surface area contributed by atoms with Crippen LogP contribution in [-0.2, 0) is 11.3 Å². The largest absolute Gasteiger partial charge is 0.497 e. The maximum Gasteiger partial charge on any atom is 0.267 e. The highest BCUT2D eigenvalue weighted by Gasteiger charge is 2.16. The van der Waals surface area contributed by atoms with E-state index in [2.05, 4.69) is 5.32 Å². The summed E-state index contributed by atoms with van der Waals surface area (Å²) in [5.41, 5.74) is 2.30. The Balaban J connectivity index is 1.91. The summed E-state index contributed by atoms with van der Waals surface area (Å²) in [5, 5.41) is 12.4. The summed E-state index contributed by atoms with van der Waals surface area (Å²) >= 11 is 0. The number of anilines is 2. The van der Waals surface area contributed by atoms with E-state index in [0.29, 0.717) is 23.7 Å². The van der Waals surface area contributed by atoms with Gasteiger partial charge in [-0.3, -0.25) is 4.79 Å². The van der Waals surface area contributed by atoms with E-state index in [0.717, 1.165) is 11.3 Å². The van der Waals surface area contributed by atoms with Crippen LogP contribution in [0.3, 0.4) is 0 Å². The lowest BCUT2D eigenvalue weighted by Gasteiger charge is -2.21. The van der Waals surface area contributed by atoms with Crippen LogP contribution in [0, 0.1) is 11.3 Å². The van der Waals surface area contributed by atoms with Gasteiger partial charge in [-0.25, -0.2) is 0 Å². The minimum Gasteiger partial charge on any atom is -0.497 e. The number of hydrogen-bond donors (Lipinski definition) is 1. The second-order valence-electron chi connectivity index (χ2n) is 6.62. The topological polar surface area (TPSA) is 74.6 Å². The van der Waals surface area contributed by atoms with E-state index in [4.69, 9.17) is 9.47 Å². The molecule has 3 aromatic rings. The second kappa shape index (κ2) is 10.5. The smallest absolute Gasteiger partial charge is 0.267 e. The number of carbonyl (C=O) groups is 1. The molecule has 3 rings (SSSR count). The van der Waals surface area contributed by atoms with Gasteiger partial charge in [-0.15, -0.1) is 0 Å². The maximum atomic E-state index is 12.9. The molecule has 1 N–H and O–H groups in total. The van der Waals surface area contributed by atoms with E-state index in [1.807, 2.05) is 71.6 Å². The standard InChI is InChI=1S/C25H23N3O3/c1-30-22-13-14-24(31-2)23(15-22)27-25(29)20(16-26)18-28(21-11-7-4-8-12-21)17-19-9-5-3-6-10-19/h3-15,18H,17H2,1-2H3,(H,27,29)/b20-18-. The van der Waals surface area contributed by atoms with Crippen molar-refractivity contribution in [2.45, 2.75) is 6.54 Å². The Bertz CT molecular complexity index is 1090. The van der Waals surface area contributed by atoms with Crippen molar-refractivity contribution in [2.24, 2.45) is 0 Å². The number of nitrogens with zero attached hydrogens (tertiary/aromatic N) is 2. The van der Waals surface area contributed by atoms with Crippen LogP contribution in [0.2, 0.25) is 0 Å². The van der Waals surface area contributed by atoms with Gasteiger partial charge >= 0.3 is 0 Å². The third kappa shape index (κ3) is 5.64. The first-order valence-electron chi connectivity index (χ1n) is 9.65. The molecule has 0 atom stereocenters. The van der Waals surface area contributed by atoms with Crippen molar-refractivity contribution in [3.63, 3.8) is 0 Å². The second-order valence-corrected chi connectivity index (χ2v) is 6.62. The fraction of sp³-hybridized carbons (Fsp3) is 0.120. The number of para-hydroxylation sites is 1. The molecule has 0 unspecified atom stereocenters. The summed E-state index contributed by atoms with van der Waals surface area (Å²) in [6, 6.07) is 26.5. The summed E-state index contributed by atoms with van der Waals surface area (Å²) < 4.78 is 10.5. The SMILES string of the molecule is COc1ccc(OC)c(NC(=O)/C(C#N)=C\N(Cc2ccccc2)c2ccccc2)c1. The Kier molecular flexibility index (Phi) is 7.28. The van der Waals surface area contributed by atoms with Gasteiger partial charge in [0.15, 0.2) is 0 Å². The van der Waals surface area contributed by atoms with Crippen LogP contribution in [0.15, 0.2) is 90.6 Å². The number of nitriles is 1. The molecule has 0 bridgehead atoms. The Morgan fingerprint density at radius 3 is 2.29 bits per heavy atom. The van der Waals surface area contributed by atoms with Gasteiger partial charge in [0.05, 0.1) is 19.9 Å². The fourth-order valence-electron chi connectivity index (χ4n) is 3.01. The number of ether oxygens (including phenoxy) is 2. The maximum absolute atomic E-state index is 12.9. The van der Waals surface area contributed by atoms with E-state index in [1.165, 1.54) is 14.2 Å². The zero-order valence-corrected chi connectivity index (χ0v) is 17.4. The number of nitrogens with one attached hydrogen (secondary N) is 1. The third-order valence-electron chi connectivity index (χ3n) is 4.59. The highest BCUT2D eigenvalue weighted by Crippen LogP contribution is 2.29. The van der Waals surface area contributed by atoms with E-state index in [9.17, 15) is 10.1 Å². The van der Waals surface area contributed by atoms with Crippen LogP contribution in [-0.4, -0.2) is 20.1 Å². The average Bonchev–Trinajstić information content (AvgIpc) is 2.82. The molecule has 0 heterocycles. The summed E-state index contributed by atoms with van der Waals surface area (Å²) in [6.45, 7) is 0.506. The van der Waals surface area contributed by atoms with Gasteiger partial charge in [-0.05, 0) is 29.8 Å². The lowest BCUT2D eigenvalue weighted by atomic mass is 10.2. The lowest BCUT2D eigenvalue weighted by Crippen LogP contribution is -2.21. The molecule has 0 saturated heterocycles. The molecule has 0 aliphatic heterocycles. The van der Waals surface area contributed by atoms with Crippen molar-refractivity contribution in [2.75, 3.05) is 24.4 Å². The molecule has 3 aromatic carbocycles. The number of carbonyl (C=O) groups excluding carboxylic acids is 1. The number of amides is 1. The van der Waals surface area contributed by atoms with Crippen LogP contribution in [0.25, 0.3) is 0 Å². The number of methoxy groups -OCH3 is 2. The van der Waals surface area contributed by atoms with Gasteiger partial charge in [-0.2, -0.15) is 5.26 Å². The molecule has 0 aliphatic carbocycles.